The number of aliphatic hydroxyl groups is 1. The Morgan fingerprint density at radius 3 is 2.25 bits per heavy atom. The topological polar surface area (TPSA) is 78.4 Å². The molecule has 134 valence electrons. The van der Waals surface area contributed by atoms with Gasteiger partial charge in [0, 0.05) is 24.4 Å². The van der Waals surface area contributed by atoms with E-state index in [1.54, 1.807) is 0 Å². The van der Waals surface area contributed by atoms with Gasteiger partial charge in [0.15, 0.2) is 11.6 Å². The molecular weight excluding hydrogens is 304 g/mol. The predicted octanol–water partition coefficient (Wildman–Crippen LogP) is 1.91. The van der Waals surface area contributed by atoms with Gasteiger partial charge in [0.2, 0.25) is 0 Å². The molecular formula is C19H30N2O3. The maximum absolute atomic E-state index is 13.1. The average molecular weight is 334 g/mol. The van der Waals surface area contributed by atoms with Crippen molar-refractivity contribution in [3.8, 4) is 0 Å². The number of ketones is 2. The van der Waals surface area contributed by atoms with E-state index < -0.39 is 0 Å². The molecule has 3 rings (SSSR count). The van der Waals surface area contributed by atoms with Crippen LogP contribution in [0.2, 0.25) is 0 Å². The molecule has 4 atom stereocenters. The Hall–Kier alpha value is -1.36. The van der Waals surface area contributed by atoms with Gasteiger partial charge in [-0.05, 0) is 31.6 Å². The van der Waals surface area contributed by atoms with Crippen molar-refractivity contribution < 1.29 is 14.7 Å². The number of fused-ring (bicyclic) bond motifs is 1. The second kappa shape index (κ2) is 7.68. The number of hydrogen-bond donors (Lipinski definition) is 3. The normalized spacial score (nSPS) is 34.1. The molecule has 0 spiro atoms. The van der Waals surface area contributed by atoms with Crippen molar-refractivity contribution in [2.45, 2.75) is 64.3 Å². The Bertz CT molecular complexity index is 529. The summed E-state index contributed by atoms with van der Waals surface area (Å²) in [5.74, 6) is 0.525. The van der Waals surface area contributed by atoms with Gasteiger partial charge in [-0.15, -0.1) is 0 Å². The molecule has 5 heteroatoms. The molecule has 0 aromatic heterocycles. The molecule has 4 unspecified atom stereocenters. The highest BCUT2D eigenvalue weighted by Gasteiger charge is 2.44. The van der Waals surface area contributed by atoms with Crippen LogP contribution in [0.25, 0.3) is 0 Å². The number of hydrogen-bond acceptors (Lipinski definition) is 5. The molecule has 0 amide bonds. The van der Waals surface area contributed by atoms with Crippen molar-refractivity contribution in [1.82, 2.24) is 10.6 Å². The summed E-state index contributed by atoms with van der Waals surface area (Å²) in [5.41, 5.74) is 0.922. The van der Waals surface area contributed by atoms with E-state index in [9.17, 15) is 9.59 Å². The first-order valence-electron chi connectivity index (χ1n) is 9.55. The zero-order chi connectivity index (χ0) is 17.1. The van der Waals surface area contributed by atoms with Crippen LogP contribution >= 0.6 is 0 Å². The van der Waals surface area contributed by atoms with Crippen molar-refractivity contribution in [2.24, 2.45) is 17.8 Å². The smallest absolute Gasteiger partial charge is 0.184 e. The number of Topliss-reactive ketones (excluding diaryl/α,β-unsaturated/α-hetero) is 2. The molecule has 3 N–H and O–H groups in total. The van der Waals surface area contributed by atoms with Gasteiger partial charge >= 0.3 is 0 Å². The Morgan fingerprint density at radius 1 is 0.958 bits per heavy atom. The quantitative estimate of drug-likeness (QED) is 0.716. The monoisotopic (exact) mass is 334 g/mol. The van der Waals surface area contributed by atoms with Crippen LogP contribution in [-0.4, -0.2) is 35.9 Å². The molecule has 0 aromatic rings. The lowest BCUT2D eigenvalue weighted by atomic mass is 9.70. The van der Waals surface area contributed by atoms with Crippen LogP contribution in [-0.2, 0) is 9.59 Å². The molecule has 2 saturated carbocycles. The predicted molar refractivity (Wildman–Crippen MR) is 92.1 cm³/mol. The van der Waals surface area contributed by atoms with E-state index in [1.807, 2.05) is 0 Å². The lowest BCUT2D eigenvalue weighted by Crippen LogP contribution is -2.49. The third kappa shape index (κ3) is 3.51. The van der Waals surface area contributed by atoms with Crippen molar-refractivity contribution in [2.75, 3.05) is 13.2 Å². The summed E-state index contributed by atoms with van der Waals surface area (Å²) in [7, 11) is 0. The van der Waals surface area contributed by atoms with Gasteiger partial charge in [-0.3, -0.25) is 9.59 Å². The third-order valence-corrected chi connectivity index (χ3v) is 5.88. The van der Waals surface area contributed by atoms with E-state index >= 15 is 0 Å². The van der Waals surface area contributed by atoms with Crippen molar-refractivity contribution in [1.29, 1.82) is 0 Å². The van der Waals surface area contributed by atoms with Crippen LogP contribution in [0.15, 0.2) is 11.4 Å². The molecule has 0 aliphatic heterocycles. The standard InChI is InChI=1S/C19H30N2O3/c1-12-5-4-6-13(11-12)21-17-16(20-9-10-22)18(23)14-7-2-3-8-15(14)19(17)24/h12-15,20-22H,2-11H2,1H3. The molecule has 0 radical (unpaired) electrons. The van der Waals surface area contributed by atoms with E-state index in [2.05, 4.69) is 17.6 Å². The van der Waals surface area contributed by atoms with Crippen LogP contribution in [0.3, 0.4) is 0 Å². The summed E-state index contributed by atoms with van der Waals surface area (Å²) >= 11 is 0. The highest BCUT2D eigenvalue weighted by molar-refractivity contribution is 6.13. The molecule has 3 aliphatic rings. The molecule has 2 fully saturated rings. The number of aliphatic hydroxyl groups excluding tert-OH is 1. The molecule has 24 heavy (non-hydrogen) atoms. The van der Waals surface area contributed by atoms with Crippen LogP contribution in [0.4, 0.5) is 0 Å². The summed E-state index contributed by atoms with van der Waals surface area (Å²) in [4.78, 5) is 26.0. The van der Waals surface area contributed by atoms with Crippen LogP contribution in [0.1, 0.15) is 58.3 Å². The zero-order valence-electron chi connectivity index (χ0n) is 14.6. The van der Waals surface area contributed by atoms with E-state index in [0.29, 0.717) is 23.9 Å². The van der Waals surface area contributed by atoms with Gasteiger partial charge in [-0.1, -0.05) is 32.6 Å². The van der Waals surface area contributed by atoms with Gasteiger partial charge in [0.05, 0.1) is 6.61 Å². The van der Waals surface area contributed by atoms with Gasteiger partial charge in [-0.2, -0.15) is 0 Å². The Balaban J connectivity index is 1.86. The zero-order valence-corrected chi connectivity index (χ0v) is 14.6. The average Bonchev–Trinajstić information content (AvgIpc) is 2.59. The van der Waals surface area contributed by atoms with Crippen molar-refractivity contribution >= 4 is 11.6 Å². The van der Waals surface area contributed by atoms with Crippen LogP contribution in [0.5, 0.6) is 0 Å². The van der Waals surface area contributed by atoms with E-state index in [1.165, 1.54) is 12.8 Å². The Labute approximate surface area is 144 Å². The summed E-state index contributed by atoms with van der Waals surface area (Å²) < 4.78 is 0. The Morgan fingerprint density at radius 2 is 1.62 bits per heavy atom. The minimum absolute atomic E-state index is 0.0488. The number of allylic oxidation sites excluding steroid dienone is 2. The van der Waals surface area contributed by atoms with E-state index in [-0.39, 0.29) is 36.1 Å². The first kappa shape index (κ1) is 17.5. The fourth-order valence-electron chi connectivity index (χ4n) is 4.64. The lowest BCUT2D eigenvalue weighted by molar-refractivity contribution is -0.133. The van der Waals surface area contributed by atoms with Crippen LogP contribution < -0.4 is 10.6 Å². The van der Waals surface area contributed by atoms with Crippen molar-refractivity contribution in [3.05, 3.63) is 11.4 Å². The number of carbonyl (C=O) groups is 2. The maximum Gasteiger partial charge on any atom is 0.184 e. The van der Waals surface area contributed by atoms with Crippen molar-refractivity contribution in [3.63, 3.8) is 0 Å². The number of carbonyl (C=O) groups excluding carboxylic acids is 2. The summed E-state index contributed by atoms with van der Waals surface area (Å²) in [6.07, 6.45) is 8.21. The molecule has 0 bridgehead atoms. The minimum atomic E-state index is -0.164. The molecule has 0 heterocycles. The first-order valence-corrected chi connectivity index (χ1v) is 9.55. The number of rotatable bonds is 5. The summed E-state index contributed by atoms with van der Waals surface area (Å²) in [6, 6.07) is 0.270. The molecule has 0 saturated heterocycles. The van der Waals surface area contributed by atoms with Gasteiger partial charge < -0.3 is 15.7 Å². The third-order valence-electron chi connectivity index (χ3n) is 5.88. The van der Waals surface area contributed by atoms with Gasteiger partial charge in [-0.25, -0.2) is 0 Å². The summed E-state index contributed by atoms with van der Waals surface area (Å²) in [6.45, 7) is 2.50. The number of nitrogens with one attached hydrogen (secondary N) is 2. The molecule has 0 aromatic carbocycles. The summed E-state index contributed by atoms with van der Waals surface area (Å²) in [5, 5.41) is 15.6. The largest absolute Gasteiger partial charge is 0.395 e. The highest BCUT2D eigenvalue weighted by atomic mass is 16.3. The van der Waals surface area contributed by atoms with E-state index in [4.69, 9.17) is 5.11 Å². The SMILES string of the molecule is CC1CCCC(NC2=C(NCCO)C(=O)C3CCCCC3C2=O)C1. The van der Waals surface area contributed by atoms with Gasteiger partial charge in [0.1, 0.15) is 11.4 Å². The highest BCUT2D eigenvalue weighted by Crippen LogP contribution is 2.38. The fourth-order valence-corrected chi connectivity index (χ4v) is 4.64. The van der Waals surface area contributed by atoms with Crippen LogP contribution in [0, 0.1) is 17.8 Å². The lowest BCUT2D eigenvalue weighted by Gasteiger charge is -2.38. The first-order chi connectivity index (χ1) is 11.6. The maximum atomic E-state index is 13.1. The minimum Gasteiger partial charge on any atom is -0.395 e. The molecule has 5 nitrogen and oxygen atoms in total. The Kier molecular flexibility index (Phi) is 5.59. The fraction of sp³-hybridized carbons (Fsp3) is 0.789. The second-order valence-electron chi connectivity index (χ2n) is 7.74. The molecule has 3 aliphatic carbocycles. The van der Waals surface area contributed by atoms with E-state index in [0.717, 1.165) is 38.5 Å². The van der Waals surface area contributed by atoms with Gasteiger partial charge in [0.25, 0.3) is 0 Å². The second-order valence-corrected chi connectivity index (χ2v) is 7.74.